The molecule has 0 unspecified atom stereocenters. The van der Waals surface area contributed by atoms with E-state index in [-0.39, 0.29) is 0 Å². The first-order chi connectivity index (χ1) is 8.78. The lowest BCUT2D eigenvalue weighted by Crippen LogP contribution is -1.95. The van der Waals surface area contributed by atoms with Crippen LogP contribution in [0.2, 0.25) is 5.15 Å². The molecule has 0 atom stereocenters. The largest absolute Gasteiger partial charge is 0.497 e. The lowest BCUT2D eigenvalue weighted by Gasteiger charge is -2.06. The summed E-state index contributed by atoms with van der Waals surface area (Å²) in [6.07, 6.45) is 1.67. The fraction of sp³-hybridized carbons (Fsp3) is 0.214. The van der Waals surface area contributed by atoms with Gasteiger partial charge < -0.3 is 9.47 Å². The van der Waals surface area contributed by atoms with E-state index in [1.54, 1.807) is 19.4 Å². The molecule has 0 aliphatic heterocycles. The van der Waals surface area contributed by atoms with Gasteiger partial charge in [0.05, 0.1) is 20.3 Å². The standard InChI is InChI=1S/C14H14ClNO2/c1-17-13-4-2-3-11(7-13)9-18-10-12-5-6-16-14(15)8-12/h2-8H,9-10H2,1H3. The molecule has 0 amide bonds. The summed E-state index contributed by atoms with van der Waals surface area (Å²) in [5.41, 5.74) is 2.09. The van der Waals surface area contributed by atoms with Crippen molar-refractivity contribution in [2.75, 3.05) is 7.11 Å². The van der Waals surface area contributed by atoms with Crippen molar-refractivity contribution in [2.45, 2.75) is 13.2 Å². The molecule has 94 valence electrons. The van der Waals surface area contributed by atoms with E-state index in [0.29, 0.717) is 18.4 Å². The molecular formula is C14H14ClNO2. The summed E-state index contributed by atoms with van der Waals surface area (Å²) in [6.45, 7) is 1.05. The Morgan fingerprint density at radius 2 is 1.89 bits per heavy atom. The van der Waals surface area contributed by atoms with Crippen molar-refractivity contribution in [3.63, 3.8) is 0 Å². The Hall–Kier alpha value is -1.58. The van der Waals surface area contributed by atoms with Gasteiger partial charge in [0.15, 0.2) is 0 Å². The maximum Gasteiger partial charge on any atom is 0.129 e. The number of hydrogen-bond donors (Lipinski definition) is 0. The minimum absolute atomic E-state index is 0.484. The van der Waals surface area contributed by atoms with Gasteiger partial charge in [-0.1, -0.05) is 23.7 Å². The Kier molecular flexibility index (Phi) is 4.56. The monoisotopic (exact) mass is 263 g/mol. The van der Waals surface area contributed by atoms with E-state index < -0.39 is 0 Å². The maximum atomic E-state index is 5.80. The van der Waals surface area contributed by atoms with E-state index >= 15 is 0 Å². The van der Waals surface area contributed by atoms with Crippen molar-refractivity contribution in [2.24, 2.45) is 0 Å². The molecule has 0 radical (unpaired) electrons. The van der Waals surface area contributed by atoms with Crippen LogP contribution in [0.25, 0.3) is 0 Å². The van der Waals surface area contributed by atoms with E-state index in [2.05, 4.69) is 4.98 Å². The SMILES string of the molecule is COc1cccc(COCc2ccnc(Cl)c2)c1. The van der Waals surface area contributed by atoms with Crippen LogP contribution < -0.4 is 4.74 Å². The van der Waals surface area contributed by atoms with Gasteiger partial charge in [-0.3, -0.25) is 0 Å². The lowest BCUT2D eigenvalue weighted by atomic mass is 10.2. The molecular weight excluding hydrogens is 250 g/mol. The number of benzene rings is 1. The van der Waals surface area contributed by atoms with E-state index in [4.69, 9.17) is 21.1 Å². The summed E-state index contributed by atoms with van der Waals surface area (Å²) < 4.78 is 10.8. The highest BCUT2D eigenvalue weighted by molar-refractivity contribution is 6.29. The fourth-order valence-electron chi connectivity index (χ4n) is 1.58. The average molecular weight is 264 g/mol. The van der Waals surface area contributed by atoms with Crippen molar-refractivity contribution in [3.8, 4) is 5.75 Å². The van der Waals surface area contributed by atoms with Crippen LogP contribution in [-0.4, -0.2) is 12.1 Å². The zero-order valence-corrected chi connectivity index (χ0v) is 10.9. The van der Waals surface area contributed by atoms with Crippen molar-refractivity contribution in [1.29, 1.82) is 0 Å². The van der Waals surface area contributed by atoms with Gasteiger partial charge in [0.25, 0.3) is 0 Å². The second-order valence-electron chi connectivity index (χ2n) is 3.83. The molecule has 3 nitrogen and oxygen atoms in total. The molecule has 0 bridgehead atoms. The zero-order chi connectivity index (χ0) is 12.8. The Morgan fingerprint density at radius 1 is 1.11 bits per heavy atom. The number of methoxy groups -OCH3 is 1. The van der Waals surface area contributed by atoms with E-state index in [9.17, 15) is 0 Å². The topological polar surface area (TPSA) is 31.4 Å². The van der Waals surface area contributed by atoms with Crippen LogP contribution in [0.1, 0.15) is 11.1 Å². The number of nitrogens with zero attached hydrogens (tertiary/aromatic N) is 1. The molecule has 0 saturated carbocycles. The van der Waals surface area contributed by atoms with Gasteiger partial charge in [-0.25, -0.2) is 4.98 Å². The summed E-state index contributed by atoms with van der Waals surface area (Å²) in [5, 5.41) is 0.484. The highest BCUT2D eigenvalue weighted by Crippen LogP contribution is 2.14. The molecule has 0 aliphatic rings. The van der Waals surface area contributed by atoms with Crippen LogP contribution in [0.5, 0.6) is 5.75 Å². The van der Waals surface area contributed by atoms with Crippen molar-refractivity contribution < 1.29 is 9.47 Å². The van der Waals surface area contributed by atoms with Crippen molar-refractivity contribution in [3.05, 3.63) is 58.9 Å². The first-order valence-corrected chi connectivity index (χ1v) is 5.97. The molecule has 0 N–H and O–H groups in total. The molecule has 0 saturated heterocycles. The van der Waals surface area contributed by atoms with Crippen LogP contribution in [0.15, 0.2) is 42.6 Å². The maximum absolute atomic E-state index is 5.80. The number of halogens is 1. The quantitative estimate of drug-likeness (QED) is 0.774. The number of hydrogen-bond acceptors (Lipinski definition) is 3. The van der Waals surface area contributed by atoms with Gasteiger partial charge >= 0.3 is 0 Å². The summed E-state index contributed by atoms with van der Waals surface area (Å²) in [6, 6.07) is 11.5. The smallest absolute Gasteiger partial charge is 0.129 e. The van der Waals surface area contributed by atoms with Crippen LogP contribution >= 0.6 is 11.6 Å². The molecule has 18 heavy (non-hydrogen) atoms. The predicted molar refractivity (Wildman–Crippen MR) is 70.7 cm³/mol. The third-order valence-electron chi connectivity index (χ3n) is 2.46. The van der Waals surface area contributed by atoms with Crippen LogP contribution in [-0.2, 0) is 18.0 Å². The van der Waals surface area contributed by atoms with Crippen molar-refractivity contribution >= 4 is 11.6 Å². The minimum atomic E-state index is 0.484. The molecule has 2 aromatic rings. The Labute approximate surface area is 111 Å². The molecule has 1 aromatic carbocycles. The molecule has 1 aromatic heterocycles. The Balaban J connectivity index is 1.88. The first-order valence-electron chi connectivity index (χ1n) is 5.59. The van der Waals surface area contributed by atoms with Gasteiger partial charge in [0.1, 0.15) is 10.9 Å². The number of aromatic nitrogens is 1. The van der Waals surface area contributed by atoms with E-state index in [1.165, 1.54) is 0 Å². The van der Waals surface area contributed by atoms with Crippen LogP contribution in [0.3, 0.4) is 0 Å². The summed E-state index contributed by atoms with van der Waals surface area (Å²) in [7, 11) is 1.65. The molecule has 0 fully saturated rings. The van der Waals surface area contributed by atoms with Gasteiger partial charge in [0.2, 0.25) is 0 Å². The third kappa shape index (κ3) is 3.72. The summed E-state index contributed by atoms with van der Waals surface area (Å²) in [5.74, 6) is 0.836. The van der Waals surface area contributed by atoms with Gasteiger partial charge in [0, 0.05) is 6.20 Å². The predicted octanol–water partition coefficient (Wildman–Crippen LogP) is 3.46. The Bertz CT molecular complexity index is 517. The highest BCUT2D eigenvalue weighted by Gasteiger charge is 1.98. The van der Waals surface area contributed by atoms with Gasteiger partial charge in [-0.15, -0.1) is 0 Å². The average Bonchev–Trinajstić information content (AvgIpc) is 2.39. The summed E-state index contributed by atoms with van der Waals surface area (Å²) in [4.78, 5) is 3.92. The van der Waals surface area contributed by atoms with E-state index in [1.807, 2.05) is 30.3 Å². The number of ether oxygens (including phenoxy) is 2. The molecule has 0 spiro atoms. The molecule has 0 aliphatic carbocycles. The normalized spacial score (nSPS) is 10.3. The fourth-order valence-corrected chi connectivity index (χ4v) is 1.78. The van der Waals surface area contributed by atoms with Gasteiger partial charge in [-0.05, 0) is 35.4 Å². The molecule has 1 heterocycles. The van der Waals surface area contributed by atoms with Crippen LogP contribution in [0, 0.1) is 0 Å². The number of pyridine rings is 1. The van der Waals surface area contributed by atoms with Crippen LogP contribution in [0.4, 0.5) is 0 Å². The Morgan fingerprint density at radius 3 is 2.61 bits per heavy atom. The number of rotatable bonds is 5. The minimum Gasteiger partial charge on any atom is -0.497 e. The zero-order valence-electron chi connectivity index (χ0n) is 10.1. The van der Waals surface area contributed by atoms with E-state index in [0.717, 1.165) is 16.9 Å². The highest BCUT2D eigenvalue weighted by atomic mass is 35.5. The van der Waals surface area contributed by atoms with Crippen molar-refractivity contribution in [1.82, 2.24) is 4.98 Å². The summed E-state index contributed by atoms with van der Waals surface area (Å²) >= 11 is 5.80. The molecule has 2 rings (SSSR count). The third-order valence-corrected chi connectivity index (χ3v) is 2.67. The first kappa shape index (κ1) is 12.9. The molecule has 4 heteroatoms. The second kappa shape index (κ2) is 6.38. The van der Waals surface area contributed by atoms with Gasteiger partial charge in [-0.2, -0.15) is 0 Å². The lowest BCUT2D eigenvalue weighted by molar-refractivity contribution is 0.107. The second-order valence-corrected chi connectivity index (χ2v) is 4.22.